The normalized spacial score (nSPS) is 10.2. The van der Waals surface area contributed by atoms with Crippen LogP contribution in [-0.4, -0.2) is 12.0 Å². The smallest absolute Gasteiger partial charge is 0.0489 e. The zero-order valence-electron chi connectivity index (χ0n) is 9.68. The quantitative estimate of drug-likeness (QED) is 0.813. The molecule has 3 N–H and O–H groups in total. The fraction of sp³-hybridized carbons (Fsp3) is 0.154. The van der Waals surface area contributed by atoms with Gasteiger partial charge in [0.15, 0.2) is 0 Å². The number of rotatable bonds is 4. The lowest BCUT2D eigenvalue weighted by Crippen LogP contribution is -1.91. The van der Waals surface area contributed by atoms with Gasteiger partial charge in [0.1, 0.15) is 0 Å². The van der Waals surface area contributed by atoms with Gasteiger partial charge in [0.2, 0.25) is 0 Å². The molecule has 3 nitrogen and oxygen atoms in total. The first kappa shape index (κ1) is 11.8. The van der Waals surface area contributed by atoms with E-state index in [1.54, 1.807) is 18.0 Å². The summed E-state index contributed by atoms with van der Waals surface area (Å²) in [4.78, 5) is 5.11. The number of hydrogen-bond acceptors (Lipinski definition) is 4. The first-order chi connectivity index (χ1) is 8.29. The van der Waals surface area contributed by atoms with Crippen molar-refractivity contribution in [3.8, 4) is 0 Å². The first-order valence-corrected chi connectivity index (χ1v) is 6.37. The lowest BCUT2D eigenvalue weighted by atomic mass is 10.2. The van der Waals surface area contributed by atoms with Crippen molar-refractivity contribution in [2.24, 2.45) is 0 Å². The number of hydrogen-bond donors (Lipinski definition) is 2. The third-order valence-corrected chi connectivity index (χ3v) is 3.56. The third kappa shape index (κ3) is 3.14. The molecule has 4 heteroatoms. The molecule has 0 saturated heterocycles. The fourth-order valence-electron chi connectivity index (χ4n) is 1.49. The van der Waals surface area contributed by atoms with Gasteiger partial charge in [-0.15, -0.1) is 11.8 Å². The van der Waals surface area contributed by atoms with Gasteiger partial charge in [0.25, 0.3) is 0 Å². The van der Waals surface area contributed by atoms with Crippen LogP contribution < -0.4 is 11.1 Å². The van der Waals surface area contributed by atoms with E-state index in [1.165, 1.54) is 5.56 Å². The van der Waals surface area contributed by atoms with Crippen LogP contribution in [0.5, 0.6) is 0 Å². The second-order valence-electron chi connectivity index (χ2n) is 3.65. The zero-order chi connectivity index (χ0) is 12.1. The number of nitrogens with two attached hydrogens (primary N) is 1. The number of pyridine rings is 1. The van der Waals surface area contributed by atoms with Crippen molar-refractivity contribution in [3.63, 3.8) is 0 Å². The van der Waals surface area contributed by atoms with E-state index < -0.39 is 0 Å². The molecule has 0 aliphatic rings. The molecule has 1 aromatic carbocycles. The van der Waals surface area contributed by atoms with Crippen LogP contribution >= 0.6 is 11.8 Å². The van der Waals surface area contributed by atoms with Crippen molar-refractivity contribution in [3.05, 3.63) is 48.3 Å². The molecule has 0 unspecified atom stereocenters. The Labute approximate surface area is 105 Å². The Morgan fingerprint density at radius 3 is 3.00 bits per heavy atom. The number of anilines is 2. The SMILES string of the molecule is CNc1cccc(CSc2cnccc2N)c1. The second kappa shape index (κ2) is 5.59. The molecule has 0 aliphatic heterocycles. The molecule has 0 aliphatic carbocycles. The van der Waals surface area contributed by atoms with Crippen LogP contribution in [0.15, 0.2) is 47.6 Å². The number of nitrogens with one attached hydrogen (secondary N) is 1. The van der Waals surface area contributed by atoms with Crippen LogP contribution in [0.4, 0.5) is 11.4 Å². The van der Waals surface area contributed by atoms with Crippen LogP contribution in [0.3, 0.4) is 0 Å². The van der Waals surface area contributed by atoms with Gasteiger partial charge in [-0.05, 0) is 23.8 Å². The molecule has 88 valence electrons. The molecular formula is C13H15N3S. The molecule has 1 heterocycles. The molecular weight excluding hydrogens is 230 g/mol. The van der Waals surface area contributed by atoms with Crippen molar-refractivity contribution >= 4 is 23.1 Å². The lowest BCUT2D eigenvalue weighted by molar-refractivity contribution is 1.24. The summed E-state index contributed by atoms with van der Waals surface area (Å²) in [7, 11) is 1.92. The number of nitrogens with zero attached hydrogens (tertiary/aromatic N) is 1. The second-order valence-corrected chi connectivity index (χ2v) is 4.67. The summed E-state index contributed by atoms with van der Waals surface area (Å²) in [6, 6.07) is 10.2. The molecule has 0 spiro atoms. The maximum Gasteiger partial charge on any atom is 0.0489 e. The highest BCUT2D eigenvalue weighted by Crippen LogP contribution is 2.27. The number of aromatic nitrogens is 1. The van der Waals surface area contributed by atoms with Crippen molar-refractivity contribution in [2.45, 2.75) is 10.6 Å². The van der Waals surface area contributed by atoms with Crippen molar-refractivity contribution in [1.82, 2.24) is 4.98 Å². The molecule has 17 heavy (non-hydrogen) atoms. The van der Waals surface area contributed by atoms with E-state index in [2.05, 4.69) is 22.4 Å². The largest absolute Gasteiger partial charge is 0.398 e. The van der Waals surface area contributed by atoms with E-state index in [4.69, 9.17) is 5.73 Å². The van der Waals surface area contributed by atoms with Gasteiger partial charge in [-0.2, -0.15) is 0 Å². The van der Waals surface area contributed by atoms with Crippen LogP contribution in [0.25, 0.3) is 0 Å². The molecule has 0 atom stereocenters. The Kier molecular flexibility index (Phi) is 3.88. The number of benzene rings is 1. The molecule has 2 aromatic rings. The summed E-state index contributed by atoms with van der Waals surface area (Å²) in [6.07, 6.45) is 3.52. The average Bonchev–Trinajstić information content (AvgIpc) is 2.38. The number of thioether (sulfide) groups is 1. The Bertz CT molecular complexity index is 500. The predicted octanol–water partition coefficient (Wildman–Crippen LogP) is 3.00. The van der Waals surface area contributed by atoms with Gasteiger partial charge in [-0.3, -0.25) is 4.98 Å². The molecule has 0 fully saturated rings. The Morgan fingerprint density at radius 1 is 1.35 bits per heavy atom. The molecule has 2 rings (SSSR count). The molecule has 0 bridgehead atoms. The van der Waals surface area contributed by atoms with Gasteiger partial charge >= 0.3 is 0 Å². The first-order valence-electron chi connectivity index (χ1n) is 5.38. The molecule has 1 aromatic heterocycles. The molecule has 0 amide bonds. The maximum absolute atomic E-state index is 5.87. The number of nitrogen functional groups attached to an aromatic ring is 1. The lowest BCUT2D eigenvalue weighted by Gasteiger charge is -2.06. The summed E-state index contributed by atoms with van der Waals surface area (Å²) in [5.41, 5.74) is 9.05. The van der Waals surface area contributed by atoms with Crippen LogP contribution in [0.2, 0.25) is 0 Å². The average molecular weight is 245 g/mol. The highest BCUT2D eigenvalue weighted by molar-refractivity contribution is 7.98. The van der Waals surface area contributed by atoms with Crippen molar-refractivity contribution in [1.29, 1.82) is 0 Å². The zero-order valence-corrected chi connectivity index (χ0v) is 10.5. The Balaban J connectivity index is 2.05. The minimum Gasteiger partial charge on any atom is -0.398 e. The van der Waals surface area contributed by atoms with Crippen LogP contribution in [-0.2, 0) is 5.75 Å². The summed E-state index contributed by atoms with van der Waals surface area (Å²) in [5, 5.41) is 3.13. The van der Waals surface area contributed by atoms with Gasteiger partial charge in [0.05, 0.1) is 0 Å². The van der Waals surface area contributed by atoms with Gasteiger partial charge < -0.3 is 11.1 Å². The topological polar surface area (TPSA) is 50.9 Å². The summed E-state index contributed by atoms with van der Waals surface area (Å²) in [6.45, 7) is 0. The minimum atomic E-state index is 0.787. The predicted molar refractivity (Wildman–Crippen MR) is 74.2 cm³/mol. The van der Waals surface area contributed by atoms with Gasteiger partial charge in [0, 0.05) is 41.5 Å². The summed E-state index contributed by atoms with van der Waals surface area (Å²) < 4.78 is 0. The highest BCUT2D eigenvalue weighted by Gasteiger charge is 2.01. The Morgan fingerprint density at radius 2 is 2.24 bits per heavy atom. The van der Waals surface area contributed by atoms with E-state index in [9.17, 15) is 0 Å². The van der Waals surface area contributed by atoms with Gasteiger partial charge in [-0.25, -0.2) is 0 Å². The van der Waals surface area contributed by atoms with Crippen molar-refractivity contribution < 1.29 is 0 Å². The molecule has 0 radical (unpaired) electrons. The Hall–Kier alpha value is -1.68. The third-order valence-electron chi connectivity index (χ3n) is 2.43. The monoisotopic (exact) mass is 245 g/mol. The minimum absolute atomic E-state index is 0.787. The summed E-state index contributed by atoms with van der Waals surface area (Å²) in [5.74, 6) is 0.894. The summed E-state index contributed by atoms with van der Waals surface area (Å²) >= 11 is 1.70. The van der Waals surface area contributed by atoms with E-state index in [0.717, 1.165) is 22.0 Å². The van der Waals surface area contributed by atoms with E-state index >= 15 is 0 Å². The van der Waals surface area contributed by atoms with E-state index in [-0.39, 0.29) is 0 Å². The standard InChI is InChI=1S/C13H15N3S/c1-15-11-4-2-3-10(7-11)9-17-13-8-16-6-5-12(13)14/h2-8,15H,9H2,1H3,(H2,14,16). The van der Waals surface area contributed by atoms with Crippen molar-refractivity contribution in [2.75, 3.05) is 18.1 Å². The molecule has 0 saturated carbocycles. The van der Waals surface area contributed by atoms with E-state index in [0.29, 0.717) is 0 Å². The van der Waals surface area contributed by atoms with E-state index in [1.807, 2.05) is 31.4 Å². The van der Waals surface area contributed by atoms with Gasteiger partial charge in [-0.1, -0.05) is 12.1 Å². The van der Waals surface area contributed by atoms with Crippen LogP contribution in [0, 0.1) is 0 Å². The van der Waals surface area contributed by atoms with Crippen LogP contribution in [0.1, 0.15) is 5.56 Å². The fourth-order valence-corrected chi connectivity index (χ4v) is 2.36. The highest BCUT2D eigenvalue weighted by atomic mass is 32.2. The maximum atomic E-state index is 5.87.